The van der Waals surface area contributed by atoms with E-state index in [1.807, 2.05) is 43.3 Å². The zero-order chi connectivity index (χ0) is 17.1. The number of rotatable bonds is 4. The molecule has 0 saturated heterocycles. The zero-order valence-corrected chi connectivity index (χ0v) is 14.1. The molecule has 0 amide bonds. The van der Waals surface area contributed by atoms with Crippen molar-refractivity contribution < 1.29 is 9.47 Å². The second-order valence-electron chi connectivity index (χ2n) is 5.85. The summed E-state index contributed by atoms with van der Waals surface area (Å²) >= 11 is 0. The number of nitrogens with two attached hydrogens (primary N) is 1. The van der Waals surface area contributed by atoms with Crippen LogP contribution in [0.1, 0.15) is 30.5 Å². The maximum Gasteiger partial charge on any atom is 0.161 e. The topological polar surface area (TPSA) is 68.3 Å². The molecule has 1 aliphatic rings. The highest BCUT2D eigenvalue weighted by Crippen LogP contribution is 2.34. The molecule has 3 N–H and O–H groups in total. The van der Waals surface area contributed by atoms with Gasteiger partial charge in [-0.2, -0.15) is 0 Å². The normalized spacial score (nSPS) is 14.1. The van der Waals surface area contributed by atoms with Crippen LogP contribution in [0.3, 0.4) is 0 Å². The van der Waals surface area contributed by atoms with Gasteiger partial charge in [0.2, 0.25) is 0 Å². The molecule has 2 aromatic rings. The molecular formula is C20H22N2O2. The predicted molar refractivity (Wildman–Crippen MR) is 96.9 cm³/mol. The first-order valence-corrected chi connectivity index (χ1v) is 8.14. The van der Waals surface area contributed by atoms with Crippen LogP contribution in [-0.4, -0.2) is 18.9 Å². The molecule has 1 heterocycles. The Kier molecular flexibility index (Phi) is 4.56. The Morgan fingerprint density at radius 1 is 1.04 bits per heavy atom. The van der Waals surface area contributed by atoms with Gasteiger partial charge in [-0.05, 0) is 42.7 Å². The number of hydrogen-bond donors (Lipinski definition) is 2. The highest BCUT2D eigenvalue weighted by Gasteiger charge is 2.17. The van der Waals surface area contributed by atoms with E-state index >= 15 is 0 Å². The van der Waals surface area contributed by atoms with Gasteiger partial charge >= 0.3 is 0 Å². The quantitative estimate of drug-likeness (QED) is 0.842. The Morgan fingerprint density at radius 3 is 2.50 bits per heavy atom. The van der Waals surface area contributed by atoms with Gasteiger partial charge in [-0.1, -0.05) is 31.2 Å². The number of fused-ring (bicyclic) bond motifs is 1. The molecule has 0 bridgehead atoms. The lowest BCUT2D eigenvalue weighted by molar-refractivity contribution is 0.171. The van der Waals surface area contributed by atoms with Crippen molar-refractivity contribution in [1.82, 2.24) is 0 Å². The van der Waals surface area contributed by atoms with E-state index in [1.165, 1.54) is 5.56 Å². The van der Waals surface area contributed by atoms with Crippen molar-refractivity contribution in [3.8, 4) is 11.5 Å². The summed E-state index contributed by atoms with van der Waals surface area (Å²) in [5, 5.41) is 8.66. The molecule has 0 unspecified atom stereocenters. The highest BCUT2D eigenvalue weighted by molar-refractivity contribution is 6.31. The summed E-state index contributed by atoms with van der Waals surface area (Å²) < 4.78 is 11.2. The number of allylic oxidation sites excluding steroid dienone is 2. The van der Waals surface area contributed by atoms with Crippen LogP contribution in [0, 0.1) is 5.41 Å². The van der Waals surface area contributed by atoms with E-state index in [1.54, 1.807) is 0 Å². The van der Waals surface area contributed by atoms with Crippen LogP contribution in [0.2, 0.25) is 0 Å². The third-order valence-corrected chi connectivity index (χ3v) is 4.10. The number of aryl methyl sites for hydroxylation is 1. The van der Waals surface area contributed by atoms with E-state index in [-0.39, 0.29) is 0 Å². The van der Waals surface area contributed by atoms with Crippen molar-refractivity contribution in [3.63, 3.8) is 0 Å². The van der Waals surface area contributed by atoms with E-state index in [9.17, 15) is 0 Å². The fraction of sp³-hybridized carbons (Fsp3) is 0.250. The number of ether oxygens (including phenoxy) is 2. The number of benzene rings is 2. The fourth-order valence-electron chi connectivity index (χ4n) is 2.86. The van der Waals surface area contributed by atoms with Crippen LogP contribution in [0.15, 0.2) is 48.2 Å². The average Bonchev–Trinajstić information content (AvgIpc) is 2.61. The first kappa shape index (κ1) is 16.1. The molecular weight excluding hydrogens is 300 g/mol. The molecule has 4 nitrogen and oxygen atoms in total. The minimum Gasteiger partial charge on any atom is -0.486 e. The highest BCUT2D eigenvalue weighted by atomic mass is 16.6. The molecule has 0 aromatic heterocycles. The van der Waals surface area contributed by atoms with E-state index < -0.39 is 0 Å². The fourth-order valence-corrected chi connectivity index (χ4v) is 2.86. The lowest BCUT2D eigenvalue weighted by Gasteiger charge is -2.20. The molecule has 0 aliphatic carbocycles. The van der Waals surface area contributed by atoms with Gasteiger partial charge in [0, 0.05) is 16.8 Å². The van der Waals surface area contributed by atoms with Crippen LogP contribution in [0.4, 0.5) is 0 Å². The van der Waals surface area contributed by atoms with Crippen LogP contribution in [-0.2, 0) is 6.42 Å². The second-order valence-corrected chi connectivity index (χ2v) is 5.85. The van der Waals surface area contributed by atoms with Gasteiger partial charge < -0.3 is 15.2 Å². The maximum absolute atomic E-state index is 8.66. The van der Waals surface area contributed by atoms with Crippen LogP contribution >= 0.6 is 0 Å². The SMILES string of the molecule is CCc1cccc(C(=N)/C(=C(/C)N)c2ccc3c(c2)OCCO3)c1. The van der Waals surface area contributed by atoms with E-state index in [0.717, 1.165) is 28.9 Å². The van der Waals surface area contributed by atoms with Gasteiger partial charge in [0.1, 0.15) is 13.2 Å². The van der Waals surface area contributed by atoms with Gasteiger partial charge in [0.05, 0.1) is 5.71 Å². The molecule has 0 fully saturated rings. The Bertz CT molecular complexity index is 805. The molecule has 0 atom stereocenters. The van der Waals surface area contributed by atoms with Gasteiger partial charge in [-0.15, -0.1) is 0 Å². The summed E-state index contributed by atoms with van der Waals surface area (Å²) in [7, 11) is 0. The average molecular weight is 322 g/mol. The lowest BCUT2D eigenvalue weighted by Crippen LogP contribution is -2.16. The van der Waals surface area contributed by atoms with Crippen molar-refractivity contribution in [2.75, 3.05) is 13.2 Å². The minimum absolute atomic E-state index is 0.418. The first-order chi connectivity index (χ1) is 11.6. The second kappa shape index (κ2) is 6.79. The van der Waals surface area contributed by atoms with Crippen molar-refractivity contribution in [3.05, 3.63) is 64.9 Å². The van der Waals surface area contributed by atoms with Crippen molar-refractivity contribution >= 4 is 11.3 Å². The van der Waals surface area contributed by atoms with Gasteiger partial charge in [-0.3, -0.25) is 5.41 Å². The van der Waals surface area contributed by atoms with Crippen LogP contribution < -0.4 is 15.2 Å². The predicted octanol–water partition coefficient (Wildman–Crippen LogP) is 3.78. The monoisotopic (exact) mass is 322 g/mol. The first-order valence-electron chi connectivity index (χ1n) is 8.14. The van der Waals surface area contributed by atoms with Crippen LogP contribution in [0.5, 0.6) is 11.5 Å². The van der Waals surface area contributed by atoms with Crippen molar-refractivity contribution in [2.45, 2.75) is 20.3 Å². The Labute approximate surface area is 142 Å². The lowest BCUT2D eigenvalue weighted by atomic mass is 9.93. The maximum atomic E-state index is 8.66. The summed E-state index contributed by atoms with van der Waals surface area (Å²) in [4.78, 5) is 0. The molecule has 2 aromatic carbocycles. The summed E-state index contributed by atoms with van der Waals surface area (Å²) in [6.07, 6.45) is 0.936. The Morgan fingerprint density at radius 2 is 1.79 bits per heavy atom. The molecule has 124 valence electrons. The zero-order valence-electron chi connectivity index (χ0n) is 14.1. The summed E-state index contributed by atoms with van der Waals surface area (Å²) in [5.41, 5.74) is 10.8. The smallest absolute Gasteiger partial charge is 0.161 e. The molecule has 0 spiro atoms. The van der Waals surface area contributed by atoms with Crippen LogP contribution in [0.25, 0.3) is 5.57 Å². The van der Waals surface area contributed by atoms with Crippen molar-refractivity contribution in [2.24, 2.45) is 5.73 Å². The Balaban J connectivity index is 2.01. The largest absolute Gasteiger partial charge is 0.486 e. The molecule has 1 aliphatic heterocycles. The summed E-state index contributed by atoms with van der Waals surface area (Å²) in [6, 6.07) is 13.7. The molecule has 4 heteroatoms. The number of nitrogens with one attached hydrogen (secondary N) is 1. The summed E-state index contributed by atoms with van der Waals surface area (Å²) in [6.45, 7) is 5.02. The third-order valence-electron chi connectivity index (χ3n) is 4.10. The van der Waals surface area contributed by atoms with Gasteiger partial charge in [0.25, 0.3) is 0 Å². The Hall–Kier alpha value is -2.75. The molecule has 24 heavy (non-hydrogen) atoms. The molecule has 3 rings (SSSR count). The molecule has 0 saturated carbocycles. The van der Waals surface area contributed by atoms with E-state index in [4.69, 9.17) is 20.6 Å². The number of hydrogen-bond acceptors (Lipinski definition) is 4. The van der Waals surface area contributed by atoms with Crippen molar-refractivity contribution in [1.29, 1.82) is 5.41 Å². The summed E-state index contributed by atoms with van der Waals surface area (Å²) in [5.74, 6) is 1.44. The third kappa shape index (κ3) is 3.13. The van der Waals surface area contributed by atoms with Gasteiger partial charge in [0.15, 0.2) is 11.5 Å². The standard InChI is InChI=1S/C20H22N2O2/c1-3-14-5-4-6-16(11-14)20(22)19(13(2)21)15-7-8-17-18(12-15)24-10-9-23-17/h4-8,11-12,22H,3,9-10,21H2,1-2H3/b19-13-,22-20?. The van der Waals surface area contributed by atoms with E-state index in [2.05, 4.69) is 13.0 Å². The molecule has 0 radical (unpaired) electrons. The minimum atomic E-state index is 0.418. The van der Waals surface area contributed by atoms with E-state index in [0.29, 0.717) is 30.4 Å². The van der Waals surface area contributed by atoms with Gasteiger partial charge in [-0.25, -0.2) is 0 Å².